The molecule has 1 unspecified atom stereocenters. The van der Waals surface area contributed by atoms with Crippen molar-refractivity contribution in [3.8, 4) is 0 Å². The first-order valence-corrected chi connectivity index (χ1v) is 8.62. The molecule has 1 aliphatic rings. The van der Waals surface area contributed by atoms with Crippen LogP contribution >= 0.6 is 0 Å². The second kappa shape index (κ2) is 6.07. The molecule has 0 saturated carbocycles. The van der Waals surface area contributed by atoms with Crippen molar-refractivity contribution in [1.82, 2.24) is 24.6 Å². The summed E-state index contributed by atoms with van der Waals surface area (Å²) in [5.41, 5.74) is 5.13. The minimum atomic E-state index is 0.253. The number of aromatic amines is 1. The van der Waals surface area contributed by atoms with Crippen molar-refractivity contribution in [2.45, 2.75) is 13.0 Å². The number of nitrogens with one attached hydrogen (secondary N) is 1. The highest BCUT2D eigenvalue weighted by molar-refractivity contribution is 5.85. The molecular weight excluding hydrogens is 298 g/mol. The Hall–Kier alpha value is -2.11. The molecule has 1 saturated heterocycles. The van der Waals surface area contributed by atoms with Crippen molar-refractivity contribution in [2.75, 3.05) is 33.2 Å². The van der Waals surface area contributed by atoms with Gasteiger partial charge < -0.3 is 9.88 Å². The van der Waals surface area contributed by atoms with E-state index >= 15 is 0 Å². The highest BCUT2D eigenvalue weighted by atomic mass is 15.3. The Bertz CT molecular complexity index is 838. The van der Waals surface area contributed by atoms with Crippen LogP contribution in [-0.2, 0) is 7.05 Å². The normalized spacial score (nSPS) is 18.3. The third kappa shape index (κ3) is 2.64. The summed E-state index contributed by atoms with van der Waals surface area (Å²) in [5, 5.41) is 5.76. The molecule has 3 heterocycles. The average Bonchev–Trinajstić information content (AvgIpc) is 3.14. The maximum atomic E-state index is 4.44. The predicted molar refractivity (Wildman–Crippen MR) is 97.2 cm³/mol. The Labute approximate surface area is 142 Å². The van der Waals surface area contributed by atoms with Crippen LogP contribution in [0.25, 0.3) is 10.9 Å². The van der Waals surface area contributed by atoms with E-state index in [1.165, 1.54) is 27.7 Å². The SMILES string of the molecule is Cc1[nH]c2ccccc2c1C(c1cnn(C)c1)N1CCN(C)CC1. The summed E-state index contributed by atoms with van der Waals surface area (Å²) in [4.78, 5) is 8.57. The van der Waals surface area contributed by atoms with Crippen molar-refractivity contribution in [1.29, 1.82) is 0 Å². The standard InChI is InChI=1S/C19H25N5/c1-14-18(16-6-4-5-7-17(16)21-14)19(15-12-20-23(3)13-15)24-10-8-22(2)9-11-24/h4-7,12-13,19,21H,8-11H2,1-3H3. The summed E-state index contributed by atoms with van der Waals surface area (Å²) in [6.07, 6.45) is 4.18. The highest BCUT2D eigenvalue weighted by Gasteiger charge is 2.29. The molecule has 1 N–H and O–H groups in total. The third-order valence-electron chi connectivity index (χ3n) is 5.16. The zero-order valence-corrected chi connectivity index (χ0v) is 14.7. The van der Waals surface area contributed by atoms with Crippen molar-refractivity contribution >= 4 is 10.9 Å². The quantitative estimate of drug-likeness (QED) is 0.805. The number of piperazine rings is 1. The number of para-hydroxylation sites is 1. The van der Waals surface area contributed by atoms with E-state index in [0.29, 0.717) is 0 Å². The zero-order valence-electron chi connectivity index (χ0n) is 14.7. The van der Waals surface area contributed by atoms with Crippen LogP contribution in [0.1, 0.15) is 22.9 Å². The maximum absolute atomic E-state index is 4.44. The van der Waals surface area contributed by atoms with Crippen LogP contribution in [0, 0.1) is 6.92 Å². The number of benzene rings is 1. The number of aromatic nitrogens is 3. The molecule has 4 rings (SSSR count). The fraction of sp³-hybridized carbons (Fsp3) is 0.421. The molecule has 0 spiro atoms. The molecule has 5 heteroatoms. The average molecular weight is 323 g/mol. The van der Waals surface area contributed by atoms with Crippen molar-refractivity contribution < 1.29 is 0 Å². The Morgan fingerprint density at radius 2 is 1.83 bits per heavy atom. The minimum Gasteiger partial charge on any atom is -0.358 e. The Morgan fingerprint density at radius 1 is 1.08 bits per heavy atom. The van der Waals surface area contributed by atoms with Crippen molar-refractivity contribution in [3.05, 3.63) is 53.5 Å². The van der Waals surface area contributed by atoms with E-state index < -0.39 is 0 Å². The van der Waals surface area contributed by atoms with E-state index in [0.717, 1.165) is 26.2 Å². The van der Waals surface area contributed by atoms with Gasteiger partial charge in [0.25, 0.3) is 0 Å². The molecular formula is C19H25N5. The molecule has 0 amide bonds. The van der Waals surface area contributed by atoms with Gasteiger partial charge in [-0.25, -0.2) is 0 Å². The van der Waals surface area contributed by atoms with E-state index in [2.05, 4.69) is 64.3 Å². The summed E-state index contributed by atoms with van der Waals surface area (Å²) in [6, 6.07) is 8.87. The molecule has 1 aromatic carbocycles. The first kappa shape index (κ1) is 15.4. The van der Waals surface area contributed by atoms with Gasteiger partial charge in [-0.3, -0.25) is 9.58 Å². The number of hydrogen-bond acceptors (Lipinski definition) is 3. The van der Waals surface area contributed by atoms with Crippen molar-refractivity contribution in [2.24, 2.45) is 7.05 Å². The van der Waals surface area contributed by atoms with Crippen LogP contribution in [0.5, 0.6) is 0 Å². The van der Waals surface area contributed by atoms with Gasteiger partial charge in [-0.1, -0.05) is 18.2 Å². The highest BCUT2D eigenvalue weighted by Crippen LogP contribution is 2.36. The van der Waals surface area contributed by atoms with E-state index in [1.54, 1.807) is 0 Å². The summed E-state index contributed by atoms with van der Waals surface area (Å²) >= 11 is 0. The Balaban J connectivity index is 1.84. The molecule has 1 fully saturated rings. The predicted octanol–water partition coefficient (Wildman–Crippen LogP) is 2.55. The van der Waals surface area contributed by atoms with Crippen LogP contribution in [0.2, 0.25) is 0 Å². The summed E-state index contributed by atoms with van der Waals surface area (Å²) in [5.74, 6) is 0. The lowest BCUT2D eigenvalue weighted by Crippen LogP contribution is -2.46. The molecule has 1 atom stereocenters. The number of fused-ring (bicyclic) bond motifs is 1. The van der Waals surface area contributed by atoms with Gasteiger partial charge in [0, 0.05) is 67.1 Å². The van der Waals surface area contributed by atoms with Crippen LogP contribution < -0.4 is 0 Å². The minimum absolute atomic E-state index is 0.253. The molecule has 126 valence electrons. The van der Waals surface area contributed by atoms with Gasteiger partial charge in [0.2, 0.25) is 0 Å². The largest absolute Gasteiger partial charge is 0.358 e. The molecule has 0 aliphatic carbocycles. The van der Waals surface area contributed by atoms with Crippen LogP contribution in [0.3, 0.4) is 0 Å². The number of hydrogen-bond donors (Lipinski definition) is 1. The molecule has 3 aromatic rings. The first-order valence-electron chi connectivity index (χ1n) is 8.62. The maximum Gasteiger partial charge on any atom is 0.0657 e. The number of nitrogens with zero attached hydrogens (tertiary/aromatic N) is 4. The topological polar surface area (TPSA) is 40.1 Å². The Kier molecular flexibility index (Phi) is 3.90. The monoisotopic (exact) mass is 323 g/mol. The van der Waals surface area contributed by atoms with Crippen LogP contribution in [0.4, 0.5) is 0 Å². The Morgan fingerprint density at radius 3 is 2.54 bits per heavy atom. The molecule has 0 radical (unpaired) electrons. The fourth-order valence-electron chi connectivity index (χ4n) is 3.87. The van der Waals surface area contributed by atoms with Gasteiger partial charge >= 0.3 is 0 Å². The van der Waals surface area contributed by atoms with E-state index in [4.69, 9.17) is 0 Å². The van der Waals surface area contributed by atoms with E-state index in [1.807, 2.05) is 17.9 Å². The summed E-state index contributed by atoms with van der Waals surface area (Å²) in [7, 11) is 4.19. The van der Waals surface area contributed by atoms with E-state index in [9.17, 15) is 0 Å². The summed E-state index contributed by atoms with van der Waals surface area (Å²) < 4.78 is 1.91. The lowest BCUT2D eigenvalue weighted by molar-refractivity contribution is 0.127. The van der Waals surface area contributed by atoms with Gasteiger partial charge in [0.1, 0.15) is 0 Å². The molecule has 1 aliphatic heterocycles. The van der Waals surface area contributed by atoms with Gasteiger partial charge in [0.05, 0.1) is 12.2 Å². The van der Waals surface area contributed by atoms with Crippen LogP contribution in [-0.4, -0.2) is 57.8 Å². The third-order valence-corrected chi connectivity index (χ3v) is 5.16. The summed E-state index contributed by atoms with van der Waals surface area (Å²) in [6.45, 7) is 6.56. The molecule has 2 aromatic heterocycles. The second-order valence-electron chi connectivity index (χ2n) is 6.90. The number of aryl methyl sites for hydroxylation is 2. The van der Waals surface area contributed by atoms with Crippen LogP contribution in [0.15, 0.2) is 36.7 Å². The van der Waals surface area contributed by atoms with Gasteiger partial charge in [0.15, 0.2) is 0 Å². The first-order chi connectivity index (χ1) is 11.6. The molecule has 24 heavy (non-hydrogen) atoms. The van der Waals surface area contributed by atoms with Gasteiger partial charge in [-0.05, 0) is 20.0 Å². The smallest absolute Gasteiger partial charge is 0.0657 e. The van der Waals surface area contributed by atoms with Gasteiger partial charge in [-0.2, -0.15) is 5.10 Å². The lowest BCUT2D eigenvalue weighted by Gasteiger charge is -2.38. The second-order valence-corrected chi connectivity index (χ2v) is 6.90. The number of likely N-dealkylation sites (N-methyl/N-ethyl adjacent to an activating group) is 1. The number of H-pyrrole nitrogens is 1. The van der Waals surface area contributed by atoms with Gasteiger partial charge in [-0.15, -0.1) is 0 Å². The molecule has 5 nitrogen and oxygen atoms in total. The lowest BCUT2D eigenvalue weighted by atomic mass is 9.96. The number of rotatable bonds is 3. The zero-order chi connectivity index (χ0) is 16.7. The van der Waals surface area contributed by atoms with Crippen molar-refractivity contribution in [3.63, 3.8) is 0 Å². The molecule has 0 bridgehead atoms. The fourth-order valence-corrected chi connectivity index (χ4v) is 3.87. The van der Waals surface area contributed by atoms with E-state index in [-0.39, 0.29) is 6.04 Å².